The normalized spacial score (nSPS) is 16.6. The first kappa shape index (κ1) is 39.2. The summed E-state index contributed by atoms with van der Waals surface area (Å²) in [6.45, 7) is 7.35. The Bertz CT molecular complexity index is 1500. The van der Waals surface area contributed by atoms with Crippen LogP contribution in [0.5, 0.6) is 0 Å². The predicted molar refractivity (Wildman–Crippen MR) is 181 cm³/mol. The van der Waals surface area contributed by atoms with Crippen LogP contribution in [0, 0.1) is 11.8 Å². The number of alkyl carbamates (subject to hydrolysis) is 1. The first-order chi connectivity index (χ1) is 23.1. The fourth-order valence-electron chi connectivity index (χ4n) is 5.20. The topological polar surface area (TPSA) is 204 Å². The van der Waals surface area contributed by atoms with Crippen molar-refractivity contribution in [1.82, 2.24) is 14.9 Å². The number of carbonyl (C=O) groups excluding carboxylic acids is 3. The van der Waals surface area contributed by atoms with Gasteiger partial charge in [0.15, 0.2) is 0 Å². The molecule has 0 saturated carbocycles. The molecule has 0 bridgehead atoms. The number of carboxylic acids is 1. The van der Waals surface area contributed by atoms with Crippen LogP contribution in [0.25, 0.3) is 0 Å². The van der Waals surface area contributed by atoms with Gasteiger partial charge in [-0.3, -0.25) is 9.59 Å². The Hall–Kier alpha value is -4.21. The van der Waals surface area contributed by atoms with E-state index in [0.717, 1.165) is 5.56 Å². The third kappa shape index (κ3) is 12.6. The molecule has 2 amide bonds. The van der Waals surface area contributed by atoms with Gasteiger partial charge in [0, 0.05) is 25.1 Å². The zero-order valence-corrected chi connectivity index (χ0v) is 29.2. The van der Waals surface area contributed by atoms with Crippen molar-refractivity contribution in [3.63, 3.8) is 0 Å². The molecule has 2 aromatic rings. The molecule has 1 fully saturated rings. The Morgan fingerprint density at radius 2 is 1.65 bits per heavy atom. The predicted octanol–water partition coefficient (Wildman–Crippen LogP) is 2.96. The highest BCUT2D eigenvalue weighted by molar-refractivity contribution is 7.89. The van der Waals surface area contributed by atoms with Crippen molar-refractivity contribution < 1.29 is 46.9 Å². The van der Waals surface area contributed by atoms with Crippen LogP contribution in [0.3, 0.4) is 0 Å². The summed E-state index contributed by atoms with van der Waals surface area (Å²) in [6.07, 6.45) is -2.65. The van der Waals surface area contributed by atoms with E-state index < -0.39 is 70.6 Å². The molecule has 49 heavy (non-hydrogen) atoms. The minimum absolute atomic E-state index is 0.0181. The van der Waals surface area contributed by atoms with Crippen LogP contribution < -0.4 is 16.4 Å². The summed E-state index contributed by atoms with van der Waals surface area (Å²) in [5.74, 6) is -3.25. The standard InChI is InChI=1S/C34H48N4O10S/c1-22(2)19-38(49(44,45)27-12-10-25(35)11-13-27)20-29(48-31(40)15-14-30(39)37-32(23(3)4)33(41)42)28(18-24-8-6-5-7-9-24)36-34(43)47-26-16-17-46-21-26/h5-13,22-23,26,28-29,32H,14-21,35H2,1-4H3,(H,36,43)(H,37,39)(H,41,42). The van der Waals surface area contributed by atoms with Crippen molar-refractivity contribution in [3.8, 4) is 0 Å². The van der Waals surface area contributed by atoms with Crippen LogP contribution in [0.1, 0.15) is 52.5 Å². The average Bonchev–Trinajstić information content (AvgIpc) is 3.54. The summed E-state index contributed by atoms with van der Waals surface area (Å²) in [6, 6.07) is 12.7. The van der Waals surface area contributed by atoms with Gasteiger partial charge in [-0.2, -0.15) is 4.31 Å². The van der Waals surface area contributed by atoms with Crippen LogP contribution in [0.15, 0.2) is 59.5 Å². The van der Waals surface area contributed by atoms with Crippen molar-refractivity contribution in [2.24, 2.45) is 11.8 Å². The number of ether oxygens (including phenoxy) is 3. The summed E-state index contributed by atoms with van der Waals surface area (Å²) in [7, 11) is -4.15. The number of sulfonamides is 1. The van der Waals surface area contributed by atoms with E-state index in [0.29, 0.717) is 18.7 Å². The molecule has 4 atom stereocenters. The van der Waals surface area contributed by atoms with Crippen molar-refractivity contribution in [1.29, 1.82) is 0 Å². The van der Waals surface area contributed by atoms with Gasteiger partial charge >= 0.3 is 18.0 Å². The number of nitrogen functional groups attached to an aromatic ring is 1. The van der Waals surface area contributed by atoms with E-state index in [1.807, 2.05) is 32.0 Å². The molecule has 2 aromatic carbocycles. The quantitative estimate of drug-likeness (QED) is 0.131. The Labute approximate surface area is 287 Å². The van der Waals surface area contributed by atoms with E-state index in [1.54, 1.807) is 26.0 Å². The van der Waals surface area contributed by atoms with Gasteiger partial charge in [0.2, 0.25) is 15.9 Å². The number of nitrogens with zero attached hydrogens (tertiary/aromatic N) is 1. The Morgan fingerprint density at radius 3 is 2.22 bits per heavy atom. The molecule has 5 N–H and O–H groups in total. The monoisotopic (exact) mass is 704 g/mol. The Morgan fingerprint density at radius 1 is 0.980 bits per heavy atom. The molecule has 1 saturated heterocycles. The summed E-state index contributed by atoms with van der Waals surface area (Å²) in [4.78, 5) is 50.6. The van der Waals surface area contributed by atoms with Crippen molar-refractivity contribution in [2.75, 3.05) is 32.0 Å². The van der Waals surface area contributed by atoms with Gasteiger partial charge in [0.25, 0.3) is 0 Å². The number of carboxylic acid groups (broad SMARTS) is 1. The zero-order valence-electron chi connectivity index (χ0n) is 28.4. The van der Waals surface area contributed by atoms with Crippen LogP contribution in [0.2, 0.25) is 0 Å². The van der Waals surface area contributed by atoms with Crippen LogP contribution in [-0.2, 0) is 45.0 Å². The zero-order chi connectivity index (χ0) is 36.1. The molecule has 1 heterocycles. The van der Waals surface area contributed by atoms with Crippen LogP contribution in [0.4, 0.5) is 10.5 Å². The maximum absolute atomic E-state index is 14.0. The van der Waals surface area contributed by atoms with Crippen LogP contribution in [-0.4, -0.2) is 92.4 Å². The molecule has 0 aliphatic carbocycles. The molecule has 4 unspecified atom stereocenters. The fourth-order valence-corrected chi connectivity index (χ4v) is 6.82. The second-order valence-corrected chi connectivity index (χ2v) is 14.7. The molecule has 1 aliphatic heterocycles. The summed E-state index contributed by atoms with van der Waals surface area (Å²) in [5, 5.41) is 14.6. The average molecular weight is 705 g/mol. The van der Waals surface area contributed by atoms with Gasteiger partial charge in [-0.15, -0.1) is 0 Å². The first-order valence-corrected chi connectivity index (χ1v) is 17.8. The molecule has 0 spiro atoms. The van der Waals surface area contributed by atoms with Gasteiger partial charge < -0.3 is 35.7 Å². The van der Waals surface area contributed by atoms with Gasteiger partial charge in [-0.1, -0.05) is 58.0 Å². The van der Waals surface area contributed by atoms with Gasteiger partial charge in [0.1, 0.15) is 18.2 Å². The summed E-state index contributed by atoms with van der Waals surface area (Å²) < 4.78 is 45.9. The lowest BCUT2D eigenvalue weighted by Crippen LogP contribution is -2.53. The molecule has 270 valence electrons. The minimum Gasteiger partial charge on any atom is -0.480 e. The van der Waals surface area contributed by atoms with E-state index in [4.69, 9.17) is 19.9 Å². The lowest BCUT2D eigenvalue weighted by molar-refractivity contribution is -0.152. The second kappa shape index (κ2) is 18.5. The van der Waals surface area contributed by atoms with Crippen LogP contribution >= 0.6 is 0 Å². The van der Waals surface area contributed by atoms with Gasteiger partial charge in [-0.25, -0.2) is 18.0 Å². The van der Waals surface area contributed by atoms with E-state index >= 15 is 0 Å². The van der Waals surface area contributed by atoms with Gasteiger partial charge in [0.05, 0.1) is 37.1 Å². The minimum atomic E-state index is -4.15. The number of hydrogen-bond donors (Lipinski definition) is 4. The maximum atomic E-state index is 14.0. The smallest absolute Gasteiger partial charge is 0.407 e. The molecule has 14 nitrogen and oxygen atoms in total. The third-order valence-electron chi connectivity index (χ3n) is 7.77. The summed E-state index contributed by atoms with van der Waals surface area (Å²) in [5.41, 5.74) is 6.95. The lowest BCUT2D eigenvalue weighted by Gasteiger charge is -2.33. The van der Waals surface area contributed by atoms with Crippen molar-refractivity contribution in [3.05, 3.63) is 60.2 Å². The molecule has 15 heteroatoms. The molecule has 0 aromatic heterocycles. The van der Waals surface area contributed by atoms with Crippen molar-refractivity contribution in [2.45, 2.75) is 82.6 Å². The number of aliphatic carboxylic acids is 1. The van der Waals surface area contributed by atoms with E-state index in [9.17, 15) is 32.7 Å². The number of anilines is 1. The number of benzene rings is 2. The maximum Gasteiger partial charge on any atom is 0.407 e. The molecule has 1 aliphatic rings. The lowest BCUT2D eigenvalue weighted by atomic mass is 10.0. The molecular formula is C34H48N4O10S. The first-order valence-electron chi connectivity index (χ1n) is 16.3. The number of nitrogens with one attached hydrogen (secondary N) is 2. The van der Waals surface area contributed by atoms with E-state index in [2.05, 4.69) is 10.6 Å². The molecule has 0 radical (unpaired) electrons. The van der Waals surface area contributed by atoms with Crippen molar-refractivity contribution >= 4 is 39.6 Å². The second-order valence-electron chi connectivity index (χ2n) is 12.8. The number of amides is 2. The fraction of sp³-hybridized carbons (Fsp3) is 0.529. The molecular weight excluding hydrogens is 656 g/mol. The highest BCUT2D eigenvalue weighted by Gasteiger charge is 2.35. The largest absolute Gasteiger partial charge is 0.480 e. The highest BCUT2D eigenvalue weighted by atomic mass is 32.2. The number of rotatable bonds is 18. The molecule has 3 rings (SSSR count). The Kier molecular flexibility index (Phi) is 14.8. The summed E-state index contributed by atoms with van der Waals surface area (Å²) >= 11 is 0. The third-order valence-corrected chi connectivity index (χ3v) is 9.62. The van der Waals surface area contributed by atoms with Gasteiger partial charge in [-0.05, 0) is 48.1 Å². The van der Waals surface area contributed by atoms with E-state index in [-0.39, 0.29) is 43.4 Å². The number of esters is 1. The number of carbonyl (C=O) groups is 4. The highest BCUT2D eigenvalue weighted by Crippen LogP contribution is 2.22. The number of hydrogen-bond acceptors (Lipinski definition) is 10. The number of nitrogens with two attached hydrogens (primary N) is 1. The Balaban J connectivity index is 1.94. The van der Waals surface area contributed by atoms with E-state index in [1.165, 1.54) is 28.6 Å². The SMILES string of the molecule is CC(C)CN(CC(OC(=O)CCC(=O)NC(C(=O)O)C(C)C)C(Cc1ccccc1)NC(=O)OC1CCOC1)S(=O)(=O)c1ccc(N)cc1.